The molecular weight excluding hydrogens is 254 g/mol. The molecule has 100 valence electrons. The second-order valence-electron chi connectivity index (χ2n) is 4.32. The van der Waals surface area contributed by atoms with E-state index in [0.717, 1.165) is 22.4 Å². The number of fused-ring (bicyclic) bond motifs is 1. The number of ether oxygens (including phenoxy) is 1. The predicted molar refractivity (Wildman–Crippen MR) is 75.0 cm³/mol. The zero-order valence-corrected chi connectivity index (χ0v) is 11.0. The molecule has 0 amide bonds. The van der Waals surface area contributed by atoms with Crippen LogP contribution in [0.15, 0.2) is 48.8 Å². The minimum atomic E-state index is -0.302. The predicted octanol–water partition coefficient (Wildman–Crippen LogP) is 2.27. The molecule has 3 rings (SSSR count). The quantitative estimate of drug-likeness (QED) is 0.683. The Balaban J connectivity index is 2.20. The number of esters is 1. The number of methoxy groups -OCH3 is 1. The van der Waals surface area contributed by atoms with Crippen LogP contribution in [0.3, 0.4) is 0 Å². The maximum absolute atomic E-state index is 11.6. The van der Waals surface area contributed by atoms with Gasteiger partial charge in [-0.3, -0.25) is 9.78 Å². The van der Waals surface area contributed by atoms with E-state index in [2.05, 4.69) is 9.97 Å². The summed E-state index contributed by atoms with van der Waals surface area (Å²) in [6.07, 6.45) is 3.41. The van der Waals surface area contributed by atoms with Crippen LogP contribution in [0.1, 0.15) is 0 Å². The third-order valence-electron chi connectivity index (χ3n) is 3.11. The van der Waals surface area contributed by atoms with Crippen molar-refractivity contribution >= 4 is 17.0 Å². The van der Waals surface area contributed by atoms with Crippen molar-refractivity contribution in [1.82, 2.24) is 14.5 Å². The molecule has 20 heavy (non-hydrogen) atoms. The minimum absolute atomic E-state index is 0.134. The number of carbonyl (C=O) groups is 1. The molecule has 0 atom stereocenters. The first-order valence-electron chi connectivity index (χ1n) is 6.22. The molecule has 0 bridgehead atoms. The number of imidazole rings is 1. The summed E-state index contributed by atoms with van der Waals surface area (Å²) in [7, 11) is 1.38. The highest BCUT2D eigenvalue weighted by Crippen LogP contribution is 2.24. The SMILES string of the molecule is COC(=O)Cn1c(-c2ccncc2)nc2ccccc21. The van der Waals surface area contributed by atoms with E-state index in [1.807, 2.05) is 41.0 Å². The third-order valence-corrected chi connectivity index (χ3v) is 3.11. The number of pyridine rings is 1. The van der Waals surface area contributed by atoms with Gasteiger partial charge in [0.05, 0.1) is 18.1 Å². The van der Waals surface area contributed by atoms with Crippen LogP contribution in [0, 0.1) is 0 Å². The highest BCUT2D eigenvalue weighted by atomic mass is 16.5. The number of benzene rings is 1. The van der Waals surface area contributed by atoms with Gasteiger partial charge in [-0.2, -0.15) is 0 Å². The Morgan fingerprint density at radius 3 is 2.70 bits per heavy atom. The van der Waals surface area contributed by atoms with Gasteiger partial charge in [0.2, 0.25) is 0 Å². The molecule has 1 aromatic carbocycles. The van der Waals surface area contributed by atoms with Crippen molar-refractivity contribution in [3.63, 3.8) is 0 Å². The maximum atomic E-state index is 11.6. The number of hydrogen-bond donors (Lipinski definition) is 0. The first-order chi connectivity index (χ1) is 9.79. The first kappa shape index (κ1) is 12.3. The highest BCUT2D eigenvalue weighted by molar-refractivity contribution is 5.83. The number of hydrogen-bond acceptors (Lipinski definition) is 4. The minimum Gasteiger partial charge on any atom is -0.468 e. The molecule has 0 unspecified atom stereocenters. The summed E-state index contributed by atoms with van der Waals surface area (Å²) in [5, 5.41) is 0. The lowest BCUT2D eigenvalue weighted by molar-refractivity contribution is -0.141. The van der Waals surface area contributed by atoms with Crippen LogP contribution in [-0.2, 0) is 16.1 Å². The molecule has 0 N–H and O–H groups in total. The fourth-order valence-corrected chi connectivity index (χ4v) is 2.15. The Morgan fingerprint density at radius 1 is 1.20 bits per heavy atom. The van der Waals surface area contributed by atoms with Crippen molar-refractivity contribution < 1.29 is 9.53 Å². The van der Waals surface area contributed by atoms with Crippen LogP contribution in [-0.4, -0.2) is 27.6 Å². The molecule has 0 aliphatic heterocycles. The zero-order valence-electron chi connectivity index (χ0n) is 11.0. The summed E-state index contributed by atoms with van der Waals surface area (Å²) in [4.78, 5) is 20.2. The summed E-state index contributed by atoms with van der Waals surface area (Å²) in [5.41, 5.74) is 2.67. The second kappa shape index (κ2) is 5.13. The average Bonchev–Trinajstić information content (AvgIpc) is 2.87. The number of para-hydroxylation sites is 2. The van der Waals surface area contributed by atoms with Gasteiger partial charge in [0.15, 0.2) is 0 Å². The van der Waals surface area contributed by atoms with Gasteiger partial charge in [-0.15, -0.1) is 0 Å². The van der Waals surface area contributed by atoms with E-state index < -0.39 is 0 Å². The monoisotopic (exact) mass is 267 g/mol. The normalized spacial score (nSPS) is 10.7. The summed E-state index contributed by atoms with van der Waals surface area (Å²) >= 11 is 0. The molecule has 0 aliphatic carbocycles. The smallest absolute Gasteiger partial charge is 0.325 e. The molecule has 0 aliphatic rings. The summed E-state index contributed by atoms with van der Waals surface area (Å²) in [5.74, 6) is 0.433. The molecule has 0 radical (unpaired) electrons. The van der Waals surface area contributed by atoms with Crippen molar-refractivity contribution in [3.8, 4) is 11.4 Å². The molecule has 5 heteroatoms. The number of aromatic nitrogens is 3. The lowest BCUT2D eigenvalue weighted by Gasteiger charge is -2.07. The van der Waals surface area contributed by atoms with Crippen molar-refractivity contribution in [3.05, 3.63) is 48.8 Å². The molecule has 3 aromatic rings. The Morgan fingerprint density at radius 2 is 1.95 bits per heavy atom. The van der Waals surface area contributed by atoms with Crippen LogP contribution in [0.25, 0.3) is 22.4 Å². The van der Waals surface area contributed by atoms with E-state index in [-0.39, 0.29) is 12.5 Å². The number of nitrogens with zero attached hydrogens (tertiary/aromatic N) is 3. The summed E-state index contributed by atoms with van der Waals surface area (Å²) in [6, 6.07) is 11.5. The van der Waals surface area contributed by atoms with Gasteiger partial charge < -0.3 is 9.30 Å². The van der Waals surface area contributed by atoms with Gasteiger partial charge in [0.25, 0.3) is 0 Å². The Hall–Kier alpha value is -2.69. The lowest BCUT2D eigenvalue weighted by atomic mass is 10.2. The number of carbonyl (C=O) groups excluding carboxylic acids is 1. The topological polar surface area (TPSA) is 57.0 Å². The van der Waals surface area contributed by atoms with E-state index in [1.165, 1.54) is 7.11 Å². The highest BCUT2D eigenvalue weighted by Gasteiger charge is 2.14. The lowest BCUT2D eigenvalue weighted by Crippen LogP contribution is -2.12. The Labute approximate surface area is 115 Å². The van der Waals surface area contributed by atoms with Crippen molar-refractivity contribution in [2.75, 3.05) is 7.11 Å². The van der Waals surface area contributed by atoms with Gasteiger partial charge in [-0.05, 0) is 24.3 Å². The van der Waals surface area contributed by atoms with Gasteiger partial charge in [-0.25, -0.2) is 4.98 Å². The summed E-state index contributed by atoms with van der Waals surface area (Å²) < 4.78 is 6.62. The van der Waals surface area contributed by atoms with E-state index >= 15 is 0 Å². The molecule has 0 spiro atoms. The van der Waals surface area contributed by atoms with Gasteiger partial charge in [-0.1, -0.05) is 12.1 Å². The maximum Gasteiger partial charge on any atom is 0.325 e. The van der Waals surface area contributed by atoms with Crippen LogP contribution in [0.4, 0.5) is 0 Å². The summed E-state index contributed by atoms with van der Waals surface area (Å²) in [6.45, 7) is 0.134. The van der Waals surface area contributed by atoms with E-state index in [4.69, 9.17) is 4.74 Å². The first-order valence-corrected chi connectivity index (χ1v) is 6.22. The second-order valence-corrected chi connectivity index (χ2v) is 4.32. The van der Waals surface area contributed by atoms with Crippen LogP contribution < -0.4 is 0 Å². The van der Waals surface area contributed by atoms with E-state index in [9.17, 15) is 4.79 Å². The van der Waals surface area contributed by atoms with Gasteiger partial charge >= 0.3 is 5.97 Å². The zero-order chi connectivity index (χ0) is 13.9. The molecule has 0 saturated carbocycles. The average molecular weight is 267 g/mol. The fraction of sp³-hybridized carbons (Fsp3) is 0.133. The van der Waals surface area contributed by atoms with Gasteiger partial charge in [0.1, 0.15) is 12.4 Å². The Bertz CT molecular complexity index is 750. The molecule has 2 heterocycles. The standard InChI is InChI=1S/C15H13N3O2/c1-20-14(19)10-18-13-5-3-2-4-12(13)17-15(18)11-6-8-16-9-7-11/h2-9H,10H2,1H3. The molecule has 5 nitrogen and oxygen atoms in total. The largest absolute Gasteiger partial charge is 0.468 e. The third kappa shape index (κ3) is 2.14. The molecule has 0 fully saturated rings. The Kier molecular flexibility index (Phi) is 3.16. The van der Waals surface area contributed by atoms with Crippen molar-refractivity contribution in [1.29, 1.82) is 0 Å². The van der Waals surface area contributed by atoms with Crippen LogP contribution >= 0.6 is 0 Å². The van der Waals surface area contributed by atoms with Crippen molar-refractivity contribution in [2.24, 2.45) is 0 Å². The molecule has 2 aromatic heterocycles. The van der Waals surface area contributed by atoms with Gasteiger partial charge in [0, 0.05) is 18.0 Å². The molecule has 0 saturated heterocycles. The van der Waals surface area contributed by atoms with Crippen molar-refractivity contribution in [2.45, 2.75) is 6.54 Å². The number of rotatable bonds is 3. The van der Waals surface area contributed by atoms with E-state index in [1.54, 1.807) is 12.4 Å². The van der Waals surface area contributed by atoms with Crippen LogP contribution in [0.5, 0.6) is 0 Å². The van der Waals surface area contributed by atoms with E-state index in [0.29, 0.717) is 0 Å². The molecular formula is C15H13N3O2. The van der Waals surface area contributed by atoms with Crippen LogP contribution in [0.2, 0.25) is 0 Å². The fourth-order valence-electron chi connectivity index (χ4n) is 2.15.